The molecule has 0 saturated heterocycles. The molecule has 0 spiro atoms. The predicted molar refractivity (Wildman–Crippen MR) is 95.3 cm³/mol. The molecule has 0 amide bonds. The predicted octanol–water partition coefficient (Wildman–Crippen LogP) is 5.13. The van der Waals surface area contributed by atoms with Gasteiger partial charge >= 0.3 is 0 Å². The summed E-state index contributed by atoms with van der Waals surface area (Å²) in [6.45, 7) is 2.66. The van der Waals surface area contributed by atoms with E-state index >= 15 is 0 Å². The third kappa shape index (κ3) is 4.34. The molecule has 2 aromatic rings. The summed E-state index contributed by atoms with van der Waals surface area (Å²) in [7, 11) is 1.93. The van der Waals surface area contributed by atoms with Crippen LogP contribution >= 0.6 is 35.4 Å². The second-order valence-electron chi connectivity index (χ2n) is 4.84. The second-order valence-corrected chi connectivity index (χ2v) is 6.07. The molecule has 0 fully saturated rings. The molecule has 2 nitrogen and oxygen atoms in total. The first-order valence-electron chi connectivity index (χ1n) is 6.49. The van der Waals surface area contributed by atoms with Gasteiger partial charge in [0, 0.05) is 29.3 Å². The van der Waals surface area contributed by atoms with E-state index in [2.05, 4.69) is 5.32 Å². The Kier molecular flexibility index (Phi) is 5.45. The Bertz CT molecular complexity index is 658. The Morgan fingerprint density at radius 3 is 2.57 bits per heavy atom. The fourth-order valence-electron chi connectivity index (χ4n) is 1.90. The Morgan fingerprint density at radius 1 is 1.19 bits per heavy atom. The van der Waals surface area contributed by atoms with E-state index in [0.29, 0.717) is 21.7 Å². The van der Waals surface area contributed by atoms with E-state index in [1.807, 2.05) is 55.3 Å². The molecule has 2 rings (SSSR count). The van der Waals surface area contributed by atoms with Gasteiger partial charge in [0.25, 0.3) is 0 Å². The highest BCUT2D eigenvalue weighted by Crippen LogP contribution is 2.22. The second kappa shape index (κ2) is 7.12. The maximum absolute atomic E-state index is 6.19. The molecule has 1 N–H and O–H groups in total. The van der Waals surface area contributed by atoms with Gasteiger partial charge in [-0.3, -0.25) is 0 Å². The summed E-state index contributed by atoms with van der Waals surface area (Å²) in [5.41, 5.74) is 3.15. The van der Waals surface area contributed by atoms with Gasteiger partial charge in [-0.15, -0.1) is 0 Å². The molecule has 110 valence electrons. The van der Waals surface area contributed by atoms with Crippen molar-refractivity contribution in [3.8, 4) is 0 Å². The largest absolute Gasteiger partial charge is 0.348 e. The van der Waals surface area contributed by atoms with Crippen LogP contribution in [0, 0.1) is 6.92 Å². The van der Waals surface area contributed by atoms with Crippen molar-refractivity contribution in [3.05, 3.63) is 63.6 Å². The Morgan fingerprint density at radius 2 is 1.90 bits per heavy atom. The fourth-order valence-corrected chi connectivity index (χ4v) is 2.54. The maximum Gasteiger partial charge on any atom is 0.173 e. The Labute approximate surface area is 140 Å². The van der Waals surface area contributed by atoms with Crippen LogP contribution in [-0.4, -0.2) is 17.1 Å². The molecule has 0 aliphatic heterocycles. The van der Waals surface area contributed by atoms with E-state index in [1.54, 1.807) is 6.07 Å². The molecule has 2 aromatic carbocycles. The molecule has 0 saturated carbocycles. The first kappa shape index (κ1) is 16.1. The smallest absolute Gasteiger partial charge is 0.173 e. The van der Waals surface area contributed by atoms with Crippen LogP contribution in [-0.2, 0) is 6.54 Å². The van der Waals surface area contributed by atoms with Crippen molar-refractivity contribution in [3.63, 3.8) is 0 Å². The quantitative estimate of drug-likeness (QED) is 0.781. The Hall–Kier alpha value is -1.29. The third-order valence-corrected chi connectivity index (χ3v) is 4.16. The lowest BCUT2D eigenvalue weighted by Gasteiger charge is -2.22. The molecular weight excluding hydrogens is 323 g/mol. The number of anilines is 1. The first-order chi connectivity index (χ1) is 9.97. The zero-order valence-corrected chi connectivity index (χ0v) is 14.2. The monoisotopic (exact) mass is 338 g/mol. The summed E-state index contributed by atoms with van der Waals surface area (Å²) >= 11 is 17.5. The SMILES string of the molecule is Cc1ccccc1NC(=S)N(C)Cc1ccc(Cl)cc1Cl. The minimum atomic E-state index is 0.619. The van der Waals surface area contributed by atoms with Gasteiger partial charge in [-0.25, -0.2) is 0 Å². The van der Waals surface area contributed by atoms with Crippen LogP contribution in [0.1, 0.15) is 11.1 Å². The third-order valence-electron chi connectivity index (χ3n) is 3.16. The van der Waals surface area contributed by atoms with Gasteiger partial charge in [-0.2, -0.15) is 0 Å². The van der Waals surface area contributed by atoms with Crippen LogP contribution in [0.2, 0.25) is 10.0 Å². The molecule has 5 heteroatoms. The number of halogens is 2. The summed E-state index contributed by atoms with van der Waals surface area (Å²) in [5, 5.41) is 5.18. The van der Waals surface area contributed by atoms with Gasteiger partial charge in [0.05, 0.1) is 0 Å². The number of aryl methyl sites for hydroxylation is 1. The van der Waals surface area contributed by atoms with E-state index in [4.69, 9.17) is 35.4 Å². The molecule has 0 unspecified atom stereocenters. The highest BCUT2D eigenvalue weighted by Gasteiger charge is 2.09. The summed E-state index contributed by atoms with van der Waals surface area (Å²) in [4.78, 5) is 1.94. The topological polar surface area (TPSA) is 15.3 Å². The van der Waals surface area contributed by atoms with E-state index < -0.39 is 0 Å². The molecule has 0 bridgehead atoms. The fraction of sp³-hybridized carbons (Fsp3) is 0.188. The highest BCUT2D eigenvalue weighted by atomic mass is 35.5. The molecule has 0 atom stereocenters. The number of nitrogens with zero attached hydrogens (tertiary/aromatic N) is 1. The van der Waals surface area contributed by atoms with E-state index in [1.165, 1.54) is 0 Å². The zero-order chi connectivity index (χ0) is 15.4. The van der Waals surface area contributed by atoms with Crippen molar-refractivity contribution in [2.75, 3.05) is 12.4 Å². The van der Waals surface area contributed by atoms with Gasteiger partial charge in [0.15, 0.2) is 5.11 Å². The van der Waals surface area contributed by atoms with Crippen molar-refractivity contribution in [1.29, 1.82) is 0 Å². The van der Waals surface area contributed by atoms with Gasteiger partial charge in [-0.1, -0.05) is 47.5 Å². The summed E-state index contributed by atoms with van der Waals surface area (Å²) in [6.07, 6.45) is 0. The Balaban J connectivity index is 2.04. The number of rotatable bonds is 3. The molecule has 0 heterocycles. The van der Waals surface area contributed by atoms with E-state index in [-0.39, 0.29) is 0 Å². The van der Waals surface area contributed by atoms with Crippen molar-refractivity contribution in [2.24, 2.45) is 0 Å². The number of hydrogen-bond donors (Lipinski definition) is 1. The standard InChI is InChI=1S/C16H16Cl2N2S/c1-11-5-3-4-6-15(11)19-16(21)20(2)10-12-7-8-13(17)9-14(12)18/h3-9H,10H2,1-2H3,(H,19,21). The zero-order valence-electron chi connectivity index (χ0n) is 11.9. The van der Waals surface area contributed by atoms with Crippen molar-refractivity contribution < 1.29 is 0 Å². The van der Waals surface area contributed by atoms with Crippen LogP contribution in [0.25, 0.3) is 0 Å². The van der Waals surface area contributed by atoms with Crippen LogP contribution in [0.5, 0.6) is 0 Å². The average molecular weight is 339 g/mol. The van der Waals surface area contributed by atoms with Crippen LogP contribution in [0.15, 0.2) is 42.5 Å². The van der Waals surface area contributed by atoms with Gasteiger partial charge < -0.3 is 10.2 Å². The molecular formula is C16H16Cl2N2S. The summed E-state index contributed by atoms with van der Waals surface area (Å²) < 4.78 is 0. The molecule has 0 radical (unpaired) electrons. The maximum atomic E-state index is 6.19. The molecule has 0 aromatic heterocycles. The van der Waals surface area contributed by atoms with Crippen LogP contribution < -0.4 is 5.32 Å². The number of para-hydroxylation sites is 1. The minimum absolute atomic E-state index is 0.619. The van der Waals surface area contributed by atoms with Crippen LogP contribution in [0.4, 0.5) is 5.69 Å². The minimum Gasteiger partial charge on any atom is -0.348 e. The lowest BCUT2D eigenvalue weighted by atomic mass is 10.2. The molecule has 0 aliphatic carbocycles. The number of thiocarbonyl (C=S) groups is 1. The van der Waals surface area contributed by atoms with Gasteiger partial charge in [0.1, 0.15) is 0 Å². The normalized spacial score (nSPS) is 10.3. The highest BCUT2D eigenvalue weighted by molar-refractivity contribution is 7.80. The van der Waals surface area contributed by atoms with Gasteiger partial charge in [-0.05, 0) is 48.5 Å². The van der Waals surface area contributed by atoms with Gasteiger partial charge in [0.2, 0.25) is 0 Å². The molecule has 21 heavy (non-hydrogen) atoms. The van der Waals surface area contributed by atoms with E-state index in [0.717, 1.165) is 16.8 Å². The molecule has 0 aliphatic rings. The summed E-state index contributed by atoms with van der Waals surface area (Å²) in [5.74, 6) is 0. The average Bonchev–Trinajstić information content (AvgIpc) is 2.44. The lowest BCUT2D eigenvalue weighted by Crippen LogP contribution is -2.30. The summed E-state index contributed by atoms with van der Waals surface area (Å²) in [6, 6.07) is 13.5. The number of hydrogen-bond acceptors (Lipinski definition) is 1. The lowest BCUT2D eigenvalue weighted by molar-refractivity contribution is 0.508. The van der Waals surface area contributed by atoms with Crippen molar-refractivity contribution >= 4 is 46.2 Å². The number of nitrogens with one attached hydrogen (secondary N) is 1. The number of benzene rings is 2. The first-order valence-corrected chi connectivity index (χ1v) is 7.65. The van der Waals surface area contributed by atoms with Crippen molar-refractivity contribution in [2.45, 2.75) is 13.5 Å². The van der Waals surface area contributed by atoms with Crippen molar-refractivity contribution in [1.82, 2.24) is 4.90 Å². The van der Waals surface area contributed by atoms with E-state index in [9.17, 15) is 0 Å². The van der Waals surface area contributed by atoms with Crippen LogP contribution in [0.3, 0.4) is 0 Å².